The third kappa shape index (κ3) is 3.53. The van der Waals surface area contributed by atoms with Crippen LogP contribution in [0.3, 0.4) is 0 Å². The fourth-order valence-electron chi connectivity index (χ4n) is 1.23. The molecule has 1 aromatic heterocycles. The number of carboxylic acid groups (broad SMARTS) is 1. The number of carboxylic acids is 1. The third-order valence-electron chi connectivity index (χ3n) is 2.21. The first-order valence-corrected chi connectivity index (χ1v) is 6.14. The molecule has 1 N–H and O–H groups in total. The molecule has 0 atom stereocenters. The van der Waals surface area contributed by atoms with E-state index in [1.165, 1.54) is 6.20 Å². The lowest BCUT2D eigenvalue weighted by molar-refractivity contribution is 0.0696. The third-order valence-corrected chi connectivity index (χ3v) is 3.16. The smallest absolute Gasteiger partial charge is 0.339 e. The van der Waals surface area contributed by atoms with Gasteiger partial charge in [-0.25, -0.2) is 4.79 Å². The van der Waals surface area contributed by atoms with Gasteiger partial charge in [0.05, 0.1) is 11.9 Å². The van der Waals surface area contributed by atoms with Crippen LogP contribution < -0.4 is 0 Å². The van der Waals surface area contributed by atoms with Crippen LogP contribution in [0, 0.1) is 0 Å². The maximum Gasteiger partial charge on any atom is 0.339 e. The number of aromatic carboxylic acids is 1. The van der Waals surface area contributed by atoms with Gasteiger partial charge in [-0.2, -0.15) is 16.9 Å². The van der Waals surface area contributed by atoms with Crippen molar-refractivity contribution < 1.29 is 9.90 Å². The maximum atomic E-state index is 10.9. The van der Waals surface area contributed by atoms with Crippen LogP contribution in [0.25, 0.3) is 0 Å². The van der Waals surface area contributed by atoms with Gasteiger partial charge in [-0.15, -0.1) is 0 Å². The average Bonchev–Trinajstić information content (AvgIpc) is 2.54. The van der Waals surface area contributed by atoms with Gasteiger partial charge in [-0.1, -0.05) is 0 Å². The Balaban J connectivity index is 2.52. The van der Waals surface area contributed by atoms with Crippen molar-refractivity contribution in [3.05, 3.63) is 17.5 Å². The molecule has 16 heavy (non-hydrogen) atoms. The summed E-state index contributed by atoms with van der Waals surface area (Å²) >= 11 is 1.72. The largest absolute Gasteiger partial charge is 0.478 e. The molecule has 6 heteroatoms. The second-order valence-corrected chi connectivity index (χ2v) is 4.89. The molecule has 0 fully saturated rings. The van der Waals surface area contributed by atoms with Crippen molar-refractivity contribution in [2.45, 2.75) is 5.75 Å². The Labute approximate surface area is 99.4 Å². The van der Waals surface area contributed by atoms with Crippen LogP contribution in [-0.4, -0.2) is 52.1 Å². The minimum atomic E-state index is -0.906. The van der Waals surface area contributed by atoms with Crippen LogP contribution in [0.5, 0.6) is 0 Å². The van der Waals surface area contributed by atoms with Crippen LogP contribution in [0.1, 0.15) is 16.1 Å². The quantitative estimate of drug-likeness (QED) is 0.753. The van der Waals surface area contributed by atoms with Gasteiger partial charge in [0.25, 0.3) is 0 Å². The summed E-state index contributed by atoms with van der Waals surface area (Å²) in [5.74, 6) is 0.764. The molecule has 0 unspecified atom stereocenters. The highest BCUT2D eigenvalue weighted by Gasteiger charge is 2.14. The normalized spacial score (nSPS) is 11.0. The Kier molecular flexibility index (Phi) is 4.82. The minimum absolute atomic E-state index is 0.305. The molecule has 1 rings (SSSR count). The molecule has 0 aliphatic rings. The second-order valence-electron chi connectivity index (χ2n) is 3.79. The van der Waals surface area contributed by atoms with Gasteiger partial charge in [-0.05, 0) is 14.1 Å². The van der Waals surface area contributed by atoms with E-state index < -0.39 is 5.97 Å². The van der Waals surface area contributed by atoms with E-state index in [1.54, 1.807) is 23.5 Å². The summed E-state index contributed by atoms with van der Waals surface area (Å²) in [6, 6.07) is 0. The van der Waals surface area contributed by atoms with Crippen molar-refractivity contribution in [1.29, 1.82) is 0 Å². The van der Waals surface area contributed by atoms with E-state index in [1.807, 2.05) is 14.1 Å². The number of thioether (sulfide) groups is 1. The highest BCUT2D eigenvalue weighted by Crippen LogP contribution is 2.15. The van der Waals surface area contributed by atoms with Crippen LogP contribution in [0.4, 0.5) is 0 Å². The highest BCUT2D eigenvalue weighted by molar-refractivity contribution is 7.98. The molecule has 0 bridgehead atoms. The number of hydrogen-bond donors (Lipinski definition) is 1. The van der Waals surface area contributed by atoms with Gasteiger partial charge in [0.15, 0.2) is 0 Å². The first-order valence-electron chi connectivity index (χ1n) is 4.99. The number of carbonyl (C=O) groups is 1. The summed E-state index contributed by atoms with van der Waals surface area (Å²) in [7, 11) is 5.81. The molecule has 0 saturated carbocycles. The van der Waals surface area contributed by atoms with Crippen LogP contribution in [-0.2, 0) is 12.8 Å². The predicted molar refractivity (Wildman–Crippen MR) is 64.9 cm³/mol. The number of nitrogens with zero attached hydrogens (tertiary/aromatic N) is 3. The molecule has 90 valence electrons. The molecule has 0 aromatic carbocycles. The van der Waals surface area contributed by atoms with Gasteiger partial charge in [0, 0.05) is 25.1 Å². The molecular weight excluding hydrogens is 226 g/mol. The topological polar surface area (TPSA) is 58.4 Å². The second kappa shape index (κ2) is 5.91. The molecule has 0 aliphatic heterocycles. The minimum Gasteiger partial charge on any atom is -0.478 e. The highest BCUT2D eigenvalue weighted by atomic mass is 32.2. The van der Waals surface area contributed by atoms with Gasteiger partial charge in [0.2, 0.25) is 0 Å². The van der Waals surface area contributed by atoms with E-state index >= 15 is 0 Å². The Morgan fingerprint density at radius 1 is 1.62 bits per heavy atom. The average molecular weight is 243 g/mol. The lowest BCUT2D eigenvalue weighted by atomic mass is 10.3. The predicted octanol–water partition coefficient (Wildman–Crippen LogP) is 0.913. The van der Waals surface area contributed by atoms with Crippen LogP contribution in [0.2, 0.25) is 0 Å². The number of rotatable bonds is 6. The summed E-state index contributed by atoms with van der Waals surface area (Å²) < 4.78 is 1.63. The lowest BCUT2D eigenvalue weighted by Crippen LogP contribution is -2.15. The molecule has 0 spiro atoms. The standard InChI is InChI=1S/C10H17N3O2S/c1-12(2)4-5-16-7-9-8(10(14)15)6-11-13(9)3/h6H,4-5,7H2,1-3H3,(H,14,15). The van der Waals surface area contributed by atoms with Gasteiger partial charge in [-0.3, -0.25) is 4.68 Å². The molecule has 0 saturated heterocycles. The molecule has 0 amide bonds. The molecule has 1 heterocycles. The van der Waals surface area contributed by atoms with Crippen molar-refractivity contribution in [1.82, 2.24) is 14.7 Å². The van der Waals surface area contributed by atoms with E-state index in [9.17, 15) is 4.79 Å². The van der Waals surface area contributed by atoms with Crippen molar-refractivity contribution in [2.75, 3.05) is 26.4 Å². The molecular formula is C10H17N3O2S. The van der Waals surface area contributed by atoms with Crippen molar-refractivity contribution in [3.63, 3.8) is 0 Å². The summed E-state index contributed by atoms with van der Waals surface area (Å²) in [6.45, 7) is 0.991. The van der Waals surface area contributed by atoms with Crippen LogP contribution >= 0.6 is 11.8 Å². The Hall–Kier alpha value is -1.01. The first kappa shape index (κ1) is 13.1. The molecule has 1 aromatic rings. The number of aryl methyl sites for hydroxylation is 1. The molecule has 0 aliphatic carbocycles. The van der Waals surface area contributed by atoms with Gasteiger partial charge < -0.3 is 10.0 Å². The number of aromatic nitrogens is 2. The van der Waals surface area contributed by atoms with Gasteiger partial charge in [0.1, 0.15) is 5.56 Å². The van der Waals surface area contributed by atoms with Crippen molar-refractivity contribution >= 4 is 17.7 Å². The fourth-order valence-corrected chi connectivity index (χ4v) is 2.40. The maximum absolute atomic E-state index is 10.9. The summed E-state index contributed by atoms with van der Waals surface area (Å²) in [5.41, 5.74) is 1.08. The zero-order valence-electron chi connectivity index (χ0n) is 9.80. The lowest BCUT2D eigenvalue weighted by Gasteiger charge is -2.09. The van der Waals surface area contributed by atoms with E-state index in [2.05, 4.69) is 10.00 Å². The van der Waals surface area contributed by atoms with E-state index in [0.717, 1.165) is 18.0 Å². The Morgan fingerprint density at radius 2 is 2.31 bits per heavy atom. The number of hydrogen-bond acceptors (Lipinski definition) is 4. The monoisotopic (exact) mass is 243 g/mol. The first-order chi connectivity index (χ1) is 7.52. The SMILES string of the molecule is CN(C)CCSCc1c(C(=O)O)cnn1C. The fraction of sp³-hybridized carbons (Fsp3) is 0.600. The van der Waals surface area contributed by atoms with Crippen molar-refractivity contribution in [3.8, 4) is 0 Å². The van der Waals surface area contributed by atoms with Crippen molar-refractivity contribution in [2.24, 2.45) is 7.05 Å². The van der Waals surface area contributed by atoms with E-state index in [-0.39, 0.29) is 0 Å². The molecule has 5 nitrogen and oxygen atoms in total. The Morgan fingerprint density at radius 3 is 2.88 bits per heavy atom. The van der Waals surface area contributed by atoms with Gasteiger partial charge >= 0.3 is 5.97 Å². The van der Waals surface area contributed by atoms with E-state index in [0.29, 0.717) is 11.3 Å². The summed E-state index contributed by atoms with van der Waals surface area (Å²) in [5, 5.41) is 12.9. The van der Waals surface area contributed by atoms with E-state index in [4.69, 9.17) is 5.11 Å². The summed E-state index contributed by atoms with van der Waals surface area (Å²) in [6.07, 6.45) is 1.41. The Bertz CT molecular complexity index is 363. The van der Waals surface area contributed by atoms with Crippen LogP contribution in [0.15, 0.2) is 6.20 Å². The summed E-state index contributed by atoms with van der Waals surface area (Å²) in [4.78, 5) is 13.0. The molecule has 0 radical (unpaired) electrons. The zero-order valence-corrected chi connectivity index (χ0v) is 10.6. The zero-order chi connectivity index (χ0) is 12.1.